The number of hydrogen-bond acceptors (Lipinski definition) is 3. The van der Waals surface area contributed by atoms with E-state index in [0.717, 1.165) is 6.54 Å². The minimum Gasteiger partial charge on any atom is -0.309 e. The Kier molecular flexibility index (Phi) is 5.01. The summed E-state index contributed by atoms with van der Waals surface area (Å²) in [5.41, 5.74) is 1.44. The molecule has 0 amide bonds. The number of rotatable bonds is 4. The summed E-state index contributed by atoms with van der Waals surface area (Å²) >= 11 is 1.88. The zero-order chi connectivity index (χ0) is 12.1. The third kappa shape index (κ3) is 3.80. The first kappa shape index (κ1) is 13.1. The standard InChI is InChI=1S/C14H24N2S/c1-3-16-8-4-5-13(6-9-16)15-11-14-12(2)7-10-17-14/h7,10,13,15H,3-6,8-9,11H2,1-2H3. The van der Waals surface area contributed by atoms with Gasteiger partial charge in [0, 0.05) is 17.5 Å². The highest BCUT2D eigenvalue weighted by Crippen LogP contribution is 2.17. The summed E-state index contributed by atoms with van der Waals surface area (Å²) in [7, 11) is 0. The van der Waals surface area contributed by atoms with E-state index in [2.05, 4.69) is 35.5 Å². The van der Waals surface area contributed by atoms with Crippen LogP contribution < -0.4 is 5.32 Å². The fourth-order valence-electron chi connectivity index (χ4n) is 2.50. The molecule has 2 rings (SSSR count). The maximum Gasteiger partial charge on any atom is 0.0304 e. The van der Waals surface area contributed by atoms with E-state index in [0.29, 0.717) is 6.04 Å². The minimum absolute atomic E-state index is 0.716. The first-order valence-corrected chi connectivity index (χ1v) is 7.66. The van der Waals surface area contributed by atoms with Crippen LogP contribution in [0.25, 0.3) is 0 Å². The average Bonchev–Trinajstić information content (AvgIpc) is 2.63. The maximum absolute atomic E-state index is 3.73. The predicted octanol–water partition coefficient (Wildman–Crippen LogP) is 3.02. The topological polar surface area (TPSA) is 15.3 Å². The molecule has 3 heteroatoms. The second kappa shape index (κ2) is 6.53. The van der Waals surface area contributed by atoms with Crippen LogP contribution in [0.2, 0.25) is 0 Å². The van der Waals surface area contributed by atoms with Gasteiger partial charge in [-0.15, -0.1) is 11.3 Å². The van der Waals surface area contributed by atoms with Crippen LogP contribution in [0.3, 0.4) is 0 Å². The summed E-state index contributed by atoms with van der Waals surface area (Å²) in [5.74, 6) is 0. The molecule has 1 unspecified atom stereocenters. The molecule has 2 nitrogen and oxygen atoms in total. The van der Waals surface area contributed by atoms with Gasteiger partial charge in [0.05, 0.1) is 0 Å². The van der Waals surface area contributed by atoms with Crippen LogP contribution in [-0.2, 0) is 6.54 Å². The summed E-state index contributed by atoms with van der Waals surface area (Å²) in [4.78, 5) is 4.07. The molecule has 1 N–H and O–H groups in total. The van der Waals surface area contributed by atoms with E-state index in [1.807, 2.05) is 11.3 Å². The lowest BCUT2D eigenvalue weighted by molar-refractivity contribution is 0.297. The quantitative estimate of drug-likeness (QED) is 0.886. The van der Waals surface area contributed by atoms with E-state index in [1.54, 1.807) is 0 Å². The van der Waals surface area contributed by atoms with Crippen LogP contribution in [0.4, 0.5) is 0 Å². The van der Waals surface area contributed by atoms with Gasteiger partial charge >= 0.3 is 0 Å². The van der Waals surface area contributed by atoms with Gasteiger partial charge in [-0.25, -0.2) is 0 Å². The molecule has 96 valence electrons. The normalized spacial score (nSPS) is 22.6. The van der Waals surface area contributed by atoms with Crippen molar-refractivity contribution in [2.24, 2.45) is 0 Å². The Bertz CT molecular complexity index is 335. The van der Waals surface area contributed by atoms with E-state index in [-0.39, 0.29) is 0 Å². The Balaban J connectivity index is 1.78. The van der Waals surface area contributed by atoms with Crippen molar-refractivity contribution in [3.63, 3.8) is 0 Å². The van der Waals surface area contributed by atoms with Crippen molar-refractivity contribution in [1.29, 1.82) is 0 Å². The van der Waals surface area contributed by atoms with Gasteiger partial charge in [-0.1, -0.05) is 6.92 Å². The Morgan fingerprint density at radius 3 is 3.00 bits per heavy atom. The first-order chi connectivity index (χ1) is 8.29. The SMILES string of the molecule is CCN1CCCC(NCc2sccc2C)CC1. The van der Waals surface area contributed by atoms with E-state index >= 15 is 0 Å². The van der Waals surface area contributed by atoms with Gasteiger partial charge in [-0.2, -0.15) is 0 Å². The van der Waals surface area contributed by atoms with Gasteiger partial charge in [-0.05, 0) is 62.8 Å². The molecule has 1 atom stereocenters. The summed E-state index contributed by atoms with van der Waals surface area (Å²) in [6.45, 7) is 9.28. The molecule has 2 heterocycles. The van der Waals surface area contributed by atoms with Crippen molar-refractivity contribution in [1.82, 2.24) is 10.2 Å². The largest absolute Gasteiger partial charge is 0.309 e. The number of nitrogens with zero attached hydrogens (tertiary/aromatic N) is 1. The highest BCUT2D eigenvalue weighted by atomic mass is 32.1. The van der Waals surface area contributed by atoms with Crippen LogP contribution in [0.15, 0.2) is 11.4 Å². The molecule has 0 saturated carbocycles. The van der Waals surface area contributed by atoms with Crippen LogP contribution >= 0.6 is 11.3 Å². The monoisotopic (exact) mass is 252 g/mol. The zero-order valence-electron chi connectivity index (χ0n) is 11.0. The van der Waals surface area contributed by atoms with Crippen molar-refractivity contribution in [3.05, 3.63) is 21.9 Å². The van der Waals surface area contributed by atoms with Gasteiger partial charge in [0.25, 0.3) is 0 Å². The molecule has 0 aromatic carbocycles. The lowest BCUT2D eigenvalue weighted by atomic mass is 10.1. The molecule has 1 aromatic heterocycles. The van der Waals surface area contributed by atoms with Crippen molar-refractivity contribution >= 4 is 11.3 Å². The third-order valence-corrected chi connectivity index (χ3v) is 4.81. The average molecular weight is 252 g/mol. The van der Waals surface area contributed by atoms with Crippen LogP contribution in [0, 0.1) is 6.92 Å². The van der Waals surface area contributed by atoms with Crippen LogP contribution in [0.5, 0.6) is 0 Å². The molecule has 0 radical (unpaired) electrons. The molecular formula is C14H24N2S. The van der Waals surface area contributed by atoms with Crippen LogP contribution in [-0.4, -0.2) is 30.6 Å². The second-order valence-corrected chi connectivity index (χ2v) is 5.97. The van der Waals surface area contributed by atoms with Crippen LogP contribution in [0.1, 0.15) is 36.6 Å². The summed E-state index contributed by atoms with van der Waals surface area (Å²) < 4.78 is 0. The summed E-state index contributed by atoms with van der Waals surface area (Å²) in [6, 6.07) is 2.93. The van der Waals surface area contributed by atoms with Crippen molar-refractivity contribution < 1.29 is 0 Å². The predicted molar refractivity (Wildman–Crippen MR) is 75.6 cm³/mol. The lowest BCUT2D eigenvalue weighted by Crippen LogP contribution is -2.30. The Hall–Kier alpha value is -0.380. The Morgan fingerprint density at radius 1 is 1.41 bits per heavy atom. The van der Waals surface area contributed by atoms with Gasteiger partial charge in [-0.3, -0.25) is 0 Å². The van der Waals surface area contributed by atoms with E-state index in [1.165, 1.54) is 49.3 Å². The maximum atomic E-state index is 3.73. The molecular weight excluding hydrogens is 228 g/mol. The number of likely N-dealkylation sites (tertiary alicyclic amines) is 1. The van der Waals surface area contributed by atoms with Gasteiger partial charge in [0.1, 0.15) is 0 Å². The first-order valence-electron chi connectivity index (χ1n) is 6.78. The summed E-state index contributed by atoms with van der Waals surface area (Å²) in [6.07, 6.45) is 3.98. The highest BCUT2D eigenvalue weighted by molar-refractivity contribution is 7.10. The number of thiophene rings is 1. The van der Waals surface area contributed by atoms with Gasteiger partial charge in [0.15, 0.2) is 0 Å². The molecule has 1 fully saturated rings. The van der Waals surface area contributed by atoms with E-state index < -0.39 is 0 Å². The highest BCUT2D eigenvalue weighted by Gasteiger charge is 2.15. The molecule has 1 aromatic rings. The fourth-order valence-corrected chi connectivity index (χ4v) is 3.36. The minimum atomic E-state index is 0.716. The number of hydrogen-bond donors (Lipinski definition) is 1. The molecule has 0 spiro atoms. The molecule has 1 saturated heterocycles. The third-order valence-electron chi connectivity index (χ3n) is 3.79. The molecule has 1 aliphatic rings. The summed E-state index contributed by atoms with van der Waals surface area (Å²) in [5, 5.41) is 5.93. The molecule has 0 bridgehead atoms. The Labute approximate surface area is 109 Å². The number of aryl methyl sites for hydroxylation is 1. The number of nitrogens with one attached hydrogen (secondary N) is 1. The van der Waals surface area contributed by atoms with E-state index in [9.17, 15) is 0 Å². The molecule has 17 heavy (non-hydrogen) atoms. The van der Waals surface area contributed by atoms with Crippen molar-refractivity contribution in [2.45, 2.75) is 45.7 Å². The smallest absolute Gasteiger partial charge is 0.0304 e. The zero-order valence-corrected chi connectivity index (χ0v) is 11.9. The lowest BCUT2D eigenvalue weighted by Gasteiger charge is -2.18. The van der Waals surface area contributed by atoms with Crippen molar-refractivity contribution in [3.8, 4) is 0 Å². The van der Waals surface area contributed by atoms with Crippen molar-refractivity contribution in [2.75, 3.05) is 19.6 Å². The Morgan fingerprint density at radius 2 is 2.29 bits per heavy atom. The van der Waals surface area contributed by atoms with Gasteiger partial charge < -0.3 is 10.2 Å². The van der Waals surface area contributed by atoms with E-state index in [4.69, 9.17) is 0 Å². The van der Waals surface area contributed by atoms with Gasteiger partial charge in [0.2, 0.25) is 0 Å². The fraction of sp³-hybridized carbons (Fsp3) is 0.714. The molecule has 0 aliphatic carbocycles. The molecule has 1 aliphatic heterocycles. The second-order valence-electron chi connectivity index (χ2n) is 4.97.